The van der Waals surface area contributed by atoms with Crippen LogP contribution in [0.5, 0.6) is 0 Å². The quantitative estimate of drug-likeness (QED) is 0.732. The molecule has 0 aromatic heterocycles. The van der Waals surface area contributed by atoms with Crippen LogP contribution in [0.4, 0.5) is 0 Å². The van der Waals surface area contributed by atoms with Crippen LogP contribution in [-0.4, -0.2) is 18.0 Å². The Morgan fingerprint density at radius 2 is 1.82 bits per heavy atom. The van der Waals surface area contributed by atoms with Gasteiger partial charge < -0.3 is 4.74 Å². The summed E-state index contributed by atoms with van der Waals surface area (Å²) >= 11 is 0. The molecule has 2 rings (SSSR count). The Kier molecular flexibility index (Phi) is 3.92. The monoisotopic (exact) mass is 238 g/mol. The van der Waals surface area contributed by atoms with Gasteiger partial charge in [-0.3, -0.25) is 4.79 Å². The number of hydrogen-bond acceptors (Lipinski definition) is 2. The van der Waals surface area contributed by atoms with Gasteiger partial charge in [-0.2, -0.15) is 0 Å². The molecule has 2 heteroatoms. The number of carbonyl (C=O) groups excluding carboxylic acids is 1. The minimum atomic E-state index is -0.216. The first kappa shape index (κ1) is 13.1. The average molecular weight is 238 g/mol. The zero-order valence-corrected chi connectivity index (χ0v) is 11.5. The highest BCUT2D eigenvalue weighted by Crippen LogP contribution is 2.37. The highest BCUT2D eigenvalue weighted by atomic mass is 16.5. The molecule has 2 fully saturated rings. The van der Waals surface area contributed by atoms with E-state index in [-0.39, 0.29) is 11.5 Å². The lowest BCUT2D eigenvalue weighted by Crippen LogP contribution is -2.39. The van der Waals surface area contributed by atoms with E-state index in [1.165, 1.54) is 32.1 Å². The van der Waals surface area contributed by atoms with E-state index in [1.54, 1.807) is 0 Å². The predicted octanol–water partition coefficient (Wildman–Crippen LogP) is 3.73. The molecular weight excluding hydrogens is 212 g/mol. The summed E-state index contributed by atoms with van der Waals surface area (Å²) < 4.78 is 6.14. The van der Waals surface area contributed by atoms with Gasteiger partial charge in [-0.05, 0) is 31.6 Å². The third-order valence-electron chi connectivity index (χ3n) is 4.32. The minimum Gasteiger partial charge on any atom is -0.374 e. The summed E-state index contributed by atoms with van der Waals surface area (Å²) in [6, 6.07) is 0. The molecule has 3 atom stereocenters. The molecule has 3 unspecified atom stereocenters. The van der Waals surface area contributed by atoms with Crippen molar-refractivity contribution < 1.29 is 9.53 Å². The number of ketones is 1. The van der Waals surface area contributed by atoms with Crippen LogP contribution in [0.25, 0.3) is 0 Å². The Balaban J connectivity index is 1.86. The van der Waals surface area contributed by atoms with Crippen LogP contribution in [0.3, 0.4) is 0 Å². The number of ether oxygens (including phenoxy) is 1. The molecule has 1 saturated heterocycles. The van der Waals surface area contributed by atoms with Crippen molar-refractivity contribution in [2.75, 3.05) is 0 Å². The number of rotatable bonds is 2. The second-order valence-electron chi connectivity index (χ2n) is 6.80. The largest absolute Gasteiger partial charge is 0.374 e. The van der Waals surface area contributed by atoms with Gasteiger partial charge in [0.1, 0.15) is 5.78 Å². The van der Waals surface area contributed by atoms with E-state index in [1.807, 2.05) is 20.8 Å². The topological polar surface area (TPSA) is 26.3 Å². The fourth-order valence-electron chi connectivity index (χ4n) is 3.06. The Morgan fingerprint density at radius 1 is 1.12 bits per heavy atom. The van der Waals surface area contributed by atoms with Crippen LogP contribution < -0.4 is 0 Å². The molecule has 2 aliphatic rings. The number of carbonyl (C=O) groups is 1. The van der Waals surface area contributed by atoms with Gasteiger partial charge in [-0.15, -0.1) is 0 Å². The summed E-state index contributed by atoms with van der Waals surface area (Å²) in [4.78, 5) is 12.0. The summed E-state index contributed by atoms with van der Waals surface area (Å²) in [5.41, 5.74) is -0.216. The second-order valence-corrected chi connectivity index (χ2v) is 6.80. The summed E-state index contributed by atoms with van der Waals surface area (Å²) in [5, 5.41) is 0. The van der Waals surface area contributed by atoms with Crippen molar-refractivity contribution in [1.29, 1.82) is 0 Å². The lowest BCUT2D eigenvalue weighted by molar-refractivity contribution is -0.137. The summed E-state index contributed by atoms with van der Waals surface area (Å²) in [5.74, 6) is 1.13. The third kappa shape index (κ3) is 3.31. The average Bonchev–Trinajstić information content (AvgIpc) is 2.27. The molecule has 0 bridgehead atoms. The third-order valence-corrected chi connectivity index (χ3v) is 4.32. The van der Waals surface area contributed by atoms with E-state index in [4.69, 9.17) is 4.74 Å². The fourth-order valence-corrected chi connectivity index (χ4v) is 3.06. The fraction of sp³-hybridized carbons (Fsp3) is 0.933. The molecule has 98 valence electrons. The zero-order chi connectivity index (χ0) is 12.5. The van der Waals surface area contributed by atoms with Crippen LogP contribution in [-0.2, 0) is 9.53 Å². The Labute approximate surface area is 105 Å². The van der Waals surface area contributed by atoms with Crippen molar-refractivity contribution in [3.63, 3.8) is 0 Å². The normalized spacial score (nSPS) is 34.2. The van der Waals surface area contributed by atoms with Crippen LogP contribution >= 0.6 is 0 Å². The van der Waals surface area contributed by atoms with Crippen LogP contribution in [0.15, 0.2) is 0 Å². The van der Waals surface area contributed by atoms with Crippen LogP contribution in [0.1, 0.15) is 65.7 Å². The van der Waals surface area contributed by atoms with E-state index >= 15 is 0 Å². The number of Topliss-reactive ketones (excluding diaryl/α,β-unsaturated/α-hetero) is 1. The van der Waals surface area contributed by atoms with Gasteiger partial charge in [0.15, 0.2) is 0 Å². The maximum absolute atomic E-state index is 12.0. The summed E-state index contributed by atoms with van der Waals surface area (Å²) in [7, 11) is 0. The summed E-state index contributed by atoms with van der Waals surface area (Å²) in [6.45, 7) is 6.00. The molecule has 17 heavy (non-hydrogen) atoms. The highest BCUT2D eigenvalue weighted by Gasteiger charge is 2.35. The molecule has 0 spiro atoms. The molecule has 0 aromatic carbocycles. The molecule has 1 saturated carbocycles. The minimum absolute atomic E-state index is 0.195. The van der Waals surface area contributed by atoms with Crippen molar-refractivity contribution in [1.82, 2.24) is 0 Å². The SMILES string of the molecule is CC(C)(C)C(=O)CC1CCC2CCCCC2O1. The zero-order valence-electron chi connectivity index (χ0n) is 11.5. The van der Waals surface area contributed by atoms with Gasteiger partial charge >= 0.3 is 0 Å². The van der Waals surface area contributed by atoms with E-state index < -0.39 is 0 Å². The molecule has 1 heterocycles. The summed E-state index contributed by atoms with van der Waals surface area (Å²) in [6.07, 6.45) is 8.85. The van der Waals surface area contributed by atoms with E-state index in [0.717, 1.165) is 12.3 Å². The van der Waals surface area contributed by atoms with Gasteiger partial charge in [0.05, 0.1) is 12.2 Å². The van der Waals surface area contributed by atoms with E-state index in [9.17, 15) is 4.79 Å². The molecule has 0 aromatic rings. The predicted molar refractivity (Wildman–Crippen MR) is 68.9 cm³/mol. The first-order chi connectivity index (χ1) is 7.97. The van der Waals surface area contributed by atoms with Crippen molar-refractivity contribution in [2.24, 2.45) is 11.3 Å². The van der Waals surface area contributed by atoms with Gasteiger partial charge in [-0.1, -0.05) is 33.6 Å². The molecule has 1 aliphatic heterocycles. The maximum Gasteiger partial charge on any atom is 0.140 e. The maximum atomic E-state index is 12.0. The molecule has 1 aliphatic carbocycles. The van der Waals surface area contributed by atoms with Gasteiger partial charge in [0.25, 0.3) is 0 Å². The Morgan fingerprint density at radius 3 is 2.53 bits per heavy atom. The van der Waals surface area contributed by atoms with E-state index in [2.05, 4.69) is 0 Å². The van der Waals surface area contributed by atoms with Gasteiger partial charge in [0, 0.05) is 11.8 Å². The van der Waals surface area contributed by atoms with Gasteiger partial charge in [-0.25, -0.2) is 0 Å². The Bertz CT molecular complexity index is 277. The number of fused-ring (bicyclic) bond motifs is 1. The lowest BCUT2D eigenvalue weighted by Gasteiger charge is -2.39. The molecule has 2 nitrogen and oxygen atoms in total. The van der Waals surface area contributed by atoms with Gasteiger partial charge in [0.2, 0.25) is 0 Å². The van der Waals surface area contributed by atoms with Crippen molar-refractivity contribution in [3.05, 3.63) is 0 Å². The highest BCUT2D eigenvalue weighted by molar-refractivity contribution is 5.84. The molecule has 0 radical (unpaired) electrons. The first-order valence-electron chi connectivity index (χ1n) is 7.15. The molecule has 0 N–H and O–H groups in total. The van der Waals surface area contributed by atoms with Crippen LogP contribution in [0.2, 0.25) is 0 Å². The van der Waals surface area contributed by atoms with Crippen molar-refractivity contribution >= 4 is 5.78 Å². The molecule has 0 amide bonds. The van der Waals surface area contributed by atoms with Crippen molar-refractivity contribution in [2.45, 2.75) is 77.9 Å². The van der Waals surface area contributed by atoms with E-state index in [0.29, 0.717) is 18.3 Å². The van der Waals surface area contributed by atoms with Crippen molar-refractivity contribution in [3.8, 4) is 0 Å². The number of hydrogen-bond donors (Lipinski definition) is 0. The standard InChI is InChI=1S/C15H26O2/c1-15(2,3)14(16)10-12-9-8-11-6-4-5-7-13(11)17-12/h11-13H,4-10H2,1-3H3. The smallest absolute Gasteiger partial charge is 0.140 e. The Hall–Kier alpha value is -0.370. The second kappa shape index (κ2) is 5.09. The lowest BCUT2D eigenvalue weighted by atomic mass is 9.79. The first-order valence-corrected chi connectivity index (χ1v) is 7.15. The molecular formula is C15H26O2. The van der Waals surface area contributed by atoms with Crippen LogP contribution in [0, 0.1) is 11.3 Å².